The van der Waals surface area contributed by atoms with Gasteiger partial charge in [0.25, 0.3) is 0 Å². The van der Waals surface area contributed by atoms with Crippen molar-refractivity contribution in [3.05, 3.63) is 23.5 Å². The van der Waals surface area contributed by atoms with Crippen LogP contribution in [0.15, 0.2) is 12.4 Å². The van der Waals surface area contributed by atoms with E-state index < -0.39 is 0 Å². The van der Waals surface area contributed by atoms with Gasteiger partial charge in [0.15, 0.2) is 0 Å². The van der Waals surface area contributed by atoms with Gasteiger partial charge >= 0.3 is 0 Å². The Morgan fingerprint density at radius 1 is 1.47 bits per heavy atom. The molecular weight excluding hydrogens is 238 g/mol. The molecule has 4 nitrogen and oxygen atoms in total. The number of hydrogen-bond donors (Lipinski definition) is 1. The molecule has 0 spiro atoms. The first-order valence-corrected chi connectivity index (χ1v) is 7.25. The highest BCUT2D eigenvalue weighted by Crippen LogP contribution is 2.29. The fraction of sp³-hybridized carbons (Fsp3) is 0.667. The van der Waals surface area contributed by atoms with Crippen LogP contribution in [0.4, 0.5) is 0 Å². The second kappa shape index (κ2) is 6.24. The van der Waals surface area contributed by atoms with Gasteiger partial charge in [0, 0.05) is 32.0 Å². The molecule has 0 aromatic carbocycles. The van der Waals surface area contributed by atoms with Crippen LogP contribution in [-0.4, -0.2) is 36.0 Å². The van der Waals surface area contributed by atoms with E-state index in [9.17, 15) is 4.79 Å². The molecule has 0 bridgehead atoms. The van der Waals surface area contributed by atoms with Gasteiger partial charge in [0.05, 0.1) is 0 Å². The van der Waals surface area contributed by atoms with Gasteiger partial charge in [-0.25, -0.2) is 0 Å². The van der Waals surface area contributed by atoms with Crippen LogP contribution in [0.1, 0.15) is 43.4 Å². The number of rotatable bonds is 4. The Morgan fingerprint density at radius 3 is 2.95 bits per heavy atom. The minimum atomic E-state index is 0.175. The minimum Gasteiger partial charge on any atom is -0.344 e. The molecule has 1 aliphatic rings. The number of carbonyl (C=O) groups is 1. The van der Waals surface area contributed by atoms with Gasteiger partial charge in [0.1, 0.15) is 6.54 Å². The van der Waals surface area contributed by atoms with E-state index in [-0.39, 0.29) is 5.91 Å². The van der Waals surface area contributed by atoms with Crippen LogP contribution in [0, 0.1) is 0 Å². The highest BCUT2D eigenvalue weighted by atomic mass is 16.2. The molecule has 1 amide bonds. The molecule has 0 fully saturated rings. The van der Waals surface area contributed by atoms with Crippen LogP contribution in [0.5, 0.6) is 0 Å². The smallest absolute Gasteiger partial charge is 0.242 e. The number of amides is 1. The molecule has 4 heteroatoms. The summed E-state index contributed by atoms with van der Waals surface area (Å²) in [5.41, 5.74) is 2.79. The molecule has 0 saturated heterocycles. The first-order valence-electron chi connectivity index (χ1n) is 7.25. The Bertz CT molecular complexity index is 439. The van der Waals surface area contributed by atoms with Crippen molar-refractivity contribution in [1.29, 1.82) is 0 Å². The lowest BCUT2D eigenvalue weighted by Crippen LogP contribution is -2.29. The molecule has 1 heterocycles. The Labute approximate surface area is 115 Å². The summed E-state index contributed by atoms with van der Waals surface area (Å²) < 4.78 is 2.05. The van der Waals surface area contributed by atoms with Crippen molar-refractivity contribution in [2.75, 3.05) is 20.6 Å². The zero-order valence-electron chi connectivity index (χ0n) is 12.3. The fourth-order valence-electron chi connectivity index (χ4n) is 2.76. The maximum atomic E-state index is 12.0. The van der Waals surface area contributed by atoms with E-state index in [4.69, 9.17) is 0 Å². The van der Waals surface area contributed by atoms with Crippen LogP contribution in [-0.2, 0) is 17.8 Å². The Balaban J connectivity index is 2.14. The second-order valence-electron chi connectivity index (χ2n) is 5.41. The molecule has 1 aliphatic carbocycles. The van der Waals surface area contributed by atoms with Crippen LogP contribution < -0.4 is 5.32 Å². The summed E-state index contributed by atoms with van der Waals surface area (Å²) >= 11 is 0. The predicted octanol–water partition coefficient (Wildman–Crippen LogP) is 1.95. The summed E-state index contributed by atoms with van der Waals surface area (Å²) in [4.78, 5) is 13.7. The maximum absolute atomic E-state index is 12.0. The van der Waals surface area contributed by atoms with Gasteiger partial charge in [-0.2, -0.15) is 0 Å². The summed E-state index contributed by atoms with van der Waals surface area (Å²) in [6.45, 7) is 3.21. The minimum absolute atomic E-state index is 0.175. The van der Waals surface area contributed by atoms with Gasteiger partial charge in [0.2, 0.25) is 5.91 Å². The zero-order chi connectivity index (χ0) is 13.8. The summed E-state index contributed by atoms with van der Waals surface area (Å²) in [5, 5.41) is 3.39. The molecule has 19 heavy (non-hydrogen) atoms. The van der Waals surface area contributed by atoms with Crippen molar-refractivity contribution in [2.24, 2.45) is 0 Å². The second-order valence-corrected chi connectivity index (χ2v) is 5.41. The van der Waals surface area contributed by atoms with Gasteiger partial charge in [-0.05, 0) is 44.4 Å². The van der Waals surface area contributed by atoms with Crippen molar-refractivity contribution in [2.45, 2.75) is 45.2 Å². The predicted molar refractivity (Wildman–Crippen MR) is 77.1 cm³/mol. The van der Waals surface area contributed by atoms with Crippen LogP contribution in [0.2, 0.25) is 0 Å². The average molecular weight is 263 g/mol. The third-order valence-electron chi connectivity index (χ3n) is 4.13. The highest BCUT2D eigenvalue weighted by Gasteiger charge is 2.20. The third kappa shape index (κ3) is 3.18. The Morgan fingerprint density at radius 2 is 2.26 bits per heavy atom. The molecule has 106 valence electrons. The number of carbonyl (C=O) groups excluding carboxylic acids is 1. The molecule has 1 unspecified atom stereocenters. The molecule has 1 aromatic heterocycles. The van der Waals surface area contributed by atoms with E-state index in [2.05, 4.69) is 22.3 Å². The normalized spacial score (nSPS) is 18.8. The quantitative estimate of drug-likeness (QED) is 0.843. The number of aryl methyl sites for hydroxylation is 1. The molecule has 1 N–H and O–H groups in total. The van der Waals surface area contributed by atoms with Crippen molar-refractivity contribution in [3.63, 3.8) is 0 Å². The van der Waals surface area contributed by atoms with Crippen LogP contribution in [0.3, 0.4) is 0 Å². The SMILES string of the molecule is CCN(C)C(=O)Cn1cc2c(c1)C(NC)CCCC2. The summed E-state index contributed by atoms with van der Waals surface area (Å²) in [6.07, 6.45) is 9.17. The molecular formula is C15H25N3O. The van der Waals surface area contributed by atoms with E-state index in [0.29, 0.717) is 12.6 Å². The standard InChI is InChI=1S/C15H25N3O/c1-4-17(3)15(19)11-18-9-12-7-5-6-8-14(16-2)13(12)10-18/h9-10,14,16H,4-8,11H2,1-3H3. The number of fused-ring (bicyclic) bond motifs is 1. The molecule has 0 radical (unpaired) electrons. The highest BCUT2D eigenvalue weighted by molar-refractivity contribution is 5.75. The number of likely N-dealkylation sites (N-methyl/N-ethyl adjacent to an activating group) is 1. The van der Waals surface area contributed by atoms with E-state index in [0.717, 1.165) is 13.0 Å². The van der Waals surface area contributed by atoms with E-state index >= 15 is 0 Å². The van der Waals surface area contributed by atoms with Crippen LogP contribution in [0.25, 0.3) is 0 Å². The van der Waals surface area contributed by atoms with Crippen molar-refractivity contribution in [3.8, 4) is 0 Å². The van der Waals surface area contributed by atoms with Crippen molar-refractivity contribution in [1.82, 2.24) is 14.8 Å². The lowest BCUT2D eigenvalue weighted by Gasteiger charge is -2.15. The first-order chi connectivity index (χ1) is 9.15. The topological polar surface area (TPSA) is 37.3 Å². The van der Waals surface area contributed by atoms with Gasteiger partial charge in [-0.1, -0.05) is 6.42 Å². The summed E-state index contributed by atoms with van der Waals surface area (Å²) in [5.74, 6) is 0.175. The Kier molecular flexibility index (Phi) is 4.64. The molecule has 0 saturated carbocycles. The molecule has 2 rings (SSSR count). The van der Waals surface area contributed by atoms with Crippen LogP contribution >= 0.6 is 0 Å². The van der Waals surface area contributed by atoms with E-state index in [1.54, 1.807) is 4.90 Å². The number of nitrogens with one attached hydrogen (secondary N) is 1. The largest absolute Gasteiger partial charge is 0.344 e. The average Bonchev–Trinajstić information content (AvgIpc) is 2.71. The third-order valence-corrected chi connectivity index (χ3v) is 4.13. The van der Waals surface area contributed by atoms with E-state index in [1.807, 2.05) is 21.0 Å². The number of nitrogens with zero attached hydrogens (tertiary/aromatic N) is 2. The molecule has 1 aromatic rings. The first kappa shape index (κ1) is 14.1. The monoisotopic (exact) mass is 263 g/mol. The maximum Gasteiger partial charge on any atom is 0.242 e. The zero-order valence-corrected chi connectivity index (χ0v) is 12.3. The van der Waals surface area contributed by atoms with Crippen molar-refractivity contribution >= 4 is 5.91 Å². The van der Waals surface area contributed by atoms with Gasteiger partial charge in [-0.15, -0.1) is 0 Å². The Hall–Kier alpha value is -1.29. The molecule has 1 atom stereocenters. The lowest BCUT2D eigenvalue weighted by atomic mass is 10.1. The van der Waals surface area contributed by atoms with E-state index in [1.165, 1.54) is 30.4 Å². The fourth-order valence-corrected chi connectivity index (χ4v) is 2.76. The lowest BCUT2D eigenvalue weighted by molar-refractivity contribution is -0.130. The summed E-state index contributed by atoms with van der Waals surface area (Å²) in [6, 6.07) is 0.442. The number of aromatic nitrogens is 1. The molecule has 0 aliphatic heterocycles. The van der Waals surface area contributed by atoms with Gasteiger partial charge in [-0.3, -0.25) is 4.79 Å². The number of hydrogen-bond acceptors (Lipinski definition) is 2. The van der Waals surface area contributed by atoms with Crippen molar-refractivity contribution < 1.29 is 4.79 Å². The summed E-state index contributed by atoms with van der Waals surface area (Å²) in [7, 11) is 3.88. The van der Waals surface area contributed by atoms with Gasteiger partial charge < -0.3 is 14.8 Å².